The van der Waals surface area contributed by atoms with Gasteiger partial charge in [0.05, 0.1) is 11.3 Å². The van der Waals surface area contributed by atoms with E-state index in [1.807, 2.05) is 30.3 Å². The number of halogens is 2. The summed E-state index contributed by atoms with van der Waals surface area (Å²) in [5.74, 6) is -0.0815. The molecule has 0 aromatic heterocycles. The second-order valence-corrected chi connectivity index (χ2v) is 9.99. The fraction of sp³-hybridized carbons (Fsp3) is 0.227. The van der Waals surface area contributed by atoms with E-state index in [0.717, 1.165) is 10.8 Å². The van der Waals surface area contributed by atoms with Crippen molar-refractivity contribution in [3.63, 3.8) is 0 Å². The zero-order valence-corrected chi connectivity index (χ0v) is 18.4. The zero-order valence-electron chi connectivity index (χ0n) is 16.1. The van der Waals surface area contributed by atoms with Crippen molar-refractivity contribution < 1.29 is 13.2 Å². The highest BCUT2D eigenvalue weighted by molar-refractivity contribution is 7.89. The van der Waals surface area contributed by atoms with Gasteiger partial charge >= 0.3 is 0 Å². The highest BCUT2D eigenvalue weighted by atomic mass is 35.5. The van der Waals surface area contributed by atoms with E-state index in [-0.39, 0.29) is 30.3 Å². The monoisotopic (exact) mass is 462 g/mol. The summed E-state index contributed by atoms with van der Waals surface area (Å²) in [5, 5.41) is 2.84. The van der Waals surface area contributed by atoms with Gasteiger partial charge in [0.1, 0.15) is 0 Å². The van der Waals surface area contributed by atoms with Crippen molar-refractivity contribution >= 4 is 49.9 Å². The highest BCUT2D eigenvalue weighted by Gasteiger charge is 2.30. The first-order valence-corrected chi connectivity index (χ1v) is 11.7. The molecule has 3 aromatic carbocycles. The molecule has 0 saturated carbocycles. The number of fused-ring (bicyclic) bond motifs is 1. The number of sulfonamides is 1. The average Bonchev–Trinajstić information content (AvgIpc) is 2.75. The fourth-order valence-electron chi connectivity index (χ4n) is 3.59. The van der Waals surface area contributed by atoms with Crippen LogP contribution in [0.25, 0.3) is 10.8 Å². The van der Waals surface area contributed by atoms with Gasteiger partial charge in [0.25, 0.3) is 0 Å². The molecule has 3 aromatic rings. The molecule has 1 saturated heterocycles. The molecule has 0 N–H and O–H groups in total. The van der Waals surface area contributed by atoms with Crippen LogP contribution in [0.4, 0.5) is 0 Å². The van der Waals surface area contributed by atoms with Gasteiger partial charge < -0.3 is 4.90 Å². The number of hydrogen-bond donors (Lipinski definition) is 0. The summed E-state index contributed by atoms with van der Waals surface area (Å²) < 4.78 is 27.6. The number of amides is 1. The van der Waals surface area contributed by atoms with Gasteiger partial charge in [-0.25, -0.2) is 8.42 Å². The minimum atomic E-state index is -3.61. The molecule has 0 unspecified atom stereocenters. The smallest absolute Gasteiger partial charge is 0.243 e. The lowest BCUT2D eigenvalue weighted by Gasteiger charge is -2.34. The first-order chi connectivity index (χ1) is 14.3. The molecule has 30 heavy (non-hydrogen) atoms. The van der Waals surface area contributed by atoms with Crippen LogP contribution in [0.15, 0.2) is 65.6 Å². The number of carbonyl (C=O) groups is 1. The van der Waals surface area contributed by atoms with Crippen molar-refractivity contribution in [2.75, 3.05) is 26.2 Å². The van der Waals surface area contributed by atoms with E-state index in [9.17, 15) is 13.2 Å². The third-order valence-corrected chi connectivity index (χ3v) is 7.79. The van der Waals surface area contributed by atoms with Crippen molar-refractivity contribution in [3.8, 4) is 0 Å². The molecule has 0 spiro atoms. The van der Waals surface area contributed by atoms with Crippen LogP contribution in [0.2, 0.25) is 10.0 Å². The van der Waals surface area contributed by atoms with Gasteiger partial charge in [-0.2, -0.15) is 4.31 Å². The minimum absolute atomic E-state index is 0.0815. The lowest BCUT2D eigenvalue weighted by atomic mass is 10.1. The molecule has 156 valence electrons. The Morgan fingerprint density at radius 1 is 0.867 bits per heavy atom. The molecule has 1 fully saturated rings. The Morgan fingerprint density at radius 3 is 2.27 bits per heavy atom. The van der Waals surface area contributed by atoms with Crippen molar-refractivity contribution in [3.05, 3.63) is 76.3 Å². The van der Waals surface area contributed by atoms with Crippen LogP contribution >= 0.6 is 23.2 Å². The summed E-state index contributed by atoms with van der Waals surface area (Å²) in [6.07, 6.45) is 0.160. The topological polar surface area (TPSA) is 57.7 Å². The van der Waals surface area contributed by atoms with Crippen LogP contribution < -0.4 is 0 Å². The van der Waals surface area contributed by atoms with Gasteiger partial charge in [-0.15, -0.1) is 0 Å². The van der Waals surface area contributed by atoms with Crippen molar-refractivity contribution in [1.82, 2.24) is 9.21 Å². The Kier molecular flexibility index (Phi) is 6.02. The van der Waals surface area contributed by atoms with Gasteiger partial charge in [-0.05, 0) is 40.6 Å². The summed E-state index contributed by atoms with van der Waals surface area (Å²) in [7, 11) is -3.61. The Hall–Kier alpha value is -2.12. The summed E-state index contributed by atoms with van der Waals surface area (Å²) >= 11 is 12.1. The number of piperazine rings is 1. The van der Waals surface area contributed by atoms with Crippen LogP contribution in [0.3, 0.4) is 0 Å². The molecule has 4 rings (SSSR count). The fourth-order valence-corrected chi connectivity index (χ4v) is 5.53. The Morgan fingerprint density at radius 2 is 1.57 bits per heavy atom. The second kappa shape index (κ2) is 8.55. The van der Waals surface area contributed by atoms with Gasteiger partial charge in [0.2, 0.25) is 15.9 Å². The lowest BCUT2D eigenvalue weighted by molar-refractivity contribution is -0.131. The molecule has 0 aliphatic carbocycles. The van der Waals surface area contributed by atoms with Crippen LogP contribution in [0, 0.1) is 0 Å². The van der Waals surface area contributed by atoms with E-state index >= 15 is 0 Å². The molecule has 1 aliphatic rings. The maximum absolute atomic E-state index is 13.1. The summed E-state index contributed by atoms with van der Waals surface area (Å²) in [4.78, 5) is 14.6. The molecule has 1 aliphatic heterocycles. The molecule has 5 nitrogen and oxygen atoms in total. The van der Waals surface area contributed by atoms with E-state index in [0.29, 0.717) is 28.7 Å². The van der Waals surface area contributed by atoms with Gasteiger partial charge in [0.15, 0.2) is 0 Å². The van der Waals surface area contributed by atoms with E-state index < -0.39 is 10.0 Å². The number of carbonyl (C=O) groups excluding carboxylic acids is 1. The summed E-state index contributed by atoms with van der Waals surface area (Å²) in [6.45, 7) is 1.21. The van der Waals surface area contributed by atoms with Gasteiger partial charge in [-0.1, -0.05) is 59.6 Å². The Labute approximate surface area is 185 Å². The summed E-state index contributed by atoms with van der Waals surface area (Å²) in [5.41, 5.74) is 0.706. The van der Waals surface area contributed by atoms with E-state index in [1.165, 1.54) is 4.31 Å². The Bertz CT molecular complexity index is 1210. The van der Waals surface area contributed by atoms with Crippen LogP contribution in [-0.4, -0.2) is 49.7 Å². The van der Waals surface area contributed by atoms with Crippen LogP contribution in [0.5, 0.6) is 0 Å². The molecule has 0 atom stereocenters. The first-order valence-electron chi connectivity index (χ1n) is 9.55. The molecule has 0 radical (unpaired) electrons. The quantitative estimate of drug-likeness (QED) is 0.582. The largest absolute Gasteiger partial charge is 0.340 e. The molecule has 1 heterocycles. The minimum Gasteiger partial charge on any atom is -0.340 e. The number of hydrogen-bond acceptors (Lipinski definition) is 3. The lowest BCUT2D eigenvalue weighted by Crippen LogP contribution is -2.50. The Balaban J connectivity index is 1.43. The molecular formula is C22H20Cl2N2O3S. The normalized spacial score (nSPS) is 15.5. The number of rotatable bonds is 4. The molecule has 1 amide bonds. The van der Waals surface area contributed by atoms with Crippen LogP contribution in [-0.2, 0) is 21.2 Å². The highest BCUT2D eigenvalue weighted by Crippen LogP contribution is 2.24. The number of nitrogens with zero attached hydrogens (tertiary/aromatic N) is 2. The molecule has 8 heteroatoms. The first kappa shape index (κ1) is 21.1. The van der Waals surface area contributed by atoms with E-state index in [4.69, 9.17) is 23.2 Å². The van der Waals surface area contributed by atoms with E-state index in [2.05, 4.69) is 0 Å². The zero-order chi connectivity index (χ0) is 21.3. The predicted octanol–water partition coefficient (Wildman–Crippen LogP) is 4.22. The van der Waals surface area contributed by atoms with Gasteiger partial charge in [-0.3, -0.25) is 4.79 Å². The van der Waals surface area contributed by atoms with Crippen LogP contribution in [0.1, 0.15) is 5.56 Å². The predicted molar refractivity (Wildman–Crippen MR) is 119 cm³/mol. The molecule has 0 bridgehead atoms. The van der Waals surface area contributed by atoms with Crippen molar-refractivity contribution in [1.29, 1.82) is 0 Å². The third-order valence-electron chi connectivity index (χ3n) is 5.31. The average molecular weight is 463 g/mol. The standard InChI is InChI=1S/C22H20Cl2N2O3S/c23-19-7-5-18(21(24)15-19)14-22(27)25-9-11-26(12-10-25)30(28,29)20-8-6-16-3-1-2-4-17(16)13-20/h1-8,13,15H,9-12,14H2. The second-order valence-electron chi connectivity index (χ2n) is 7.21. The summed E-state index contributed by atoms with van der Waals surface area (Å²) in [6, 6.07) is 17.9. The maximum atomic E-state index is 13.1. The number of benzene rings is 3. The van der Waals surface area contributed by atoms with Crippen molar-refractivity contribution in [2.24, 2.45) is 0 Å². The van der Waals surface area contributed by atoms with E-state index in [1.54, 1.807) is 35.2 Å². The van der Waals surface area contributed by atoms with Crippen molar-refractivity contribution in [2.45, 2.75) is 11.3 Å². The SMILES string of the molecule is O=C(Cc1ccc(Cl)cc1Cl)N1CCN(S(=O)(=O)c2ccc3ccccc3c2)CC1. The third kappa shape index (κ3) is 4.32. The maximum Gasteiger partial charge on any atom is 0.243 e. The van der Waals surface area contributed by atoms with Gasteiger partial charge in [0, 0.05) is 36.2 Å². The molecular weight excluding hydrogens is 443 g/mol.